The van der Waals surface area contributed by atoms with Crippen LogP contribution in [0.1, 0.15) is 22.0 Å². The largest absolute Gasteiger partial charge is 0.422 e. The summed E-state index contributed by atoms with van der Waals surface area (Å²) in [6.07, 6.45) is 1.13. The summed E-state index contributed by atoms with van der Waals surface area (Å²) in [5, 5.41) is 6.91. The second kappa shape index (κ2) is 6.84. The number of benzene rings is 2. The van der Waals surface area contributed by atoms with Crippen LogP contribution in [0.4, 0.5) is 0 Å². The predicted molar refractivity (Wildman–Crippen MR) is 104 cm³/mol. The summed E-state index contributed by atoms with van der Waals surface area (Å²) in [6.45, 7) is 0.0454. The van der Waals surface area contributed by atoms with Gasteiger partial charge in [-0.05, 0) is 23.3 Å². The number of nitrogens with two attached hydrogens (primary N) is 1. The molecule has 138 valence electrons. The number of thiazole rings is 1. The van der Waals surface area contributed by atoms with Gasteiger partial charge in [0.25, 0.3) is 0 Å². The van der Waals surface area contributed by atoms with Gasteiger partial charge in [0, 0.05) is 6.26 Å². The average molecular weight is 400 g/mol. The molecule has 0 spiro atoms. The van der Waals surface area contributed by atoms with Gasteiger partial charge in [0.2, 0.25) is 11.8 Å². The Morgan fingerprint density at radius 1 is 1.11 bits per heavy atom. The molecule has 2 aromatic carbocycles. The van der Waals surface area contributed by atoms with E-state index in [2.05, 4.69) is 15.2 Å². The number of sulfone groups is 1. The van der Waals surface area contributed by atoms with Crippen LogP contribution in [0, 0.1) is 0 Å². The van der Waals surface area contributed by atoms with Gasteiger partial charge in [-0.15, -0.1) is 21.5 Å². The summed E-state index contributed by atoms with van der Waals surface area (Å²) < 4.78 is 31.1. The van der Waals surface area contributed by atoms with E-state index in [1.807, 2.05) is 48.5 Å². The fraction of sp³-hybridized carbons (Fsp3) is 0.167. The molecule has 2 heterocycles. The Hall–Kier alpha value is -2.62. The average Bonchev–Trinajstić information content (AvgIpc) is 3.27. The van der Waals surface area contributed by atoms with Gasteiger partial charge in [-0.25, -0.2) is 13.4 Å². The monoisotopic (exact) mass is 400 g/mol. The first-order valence-corrected chi connectivity index (χ1v) is 10.9. The van der Waals surface area contributed by atoms with E-state index in [0.29, 0.717) is 5.01 Å². The van der Waals surface area contributed by atoms with Crippen LogP contribution in [0.2, 0.25) is 0 Å². The van der Waals surface area contributed by atoms with Crippen molar-refractivity contribution in [2.24, 2.45) is 5.73 Å². The number of fused-ring (bicyclic) bond motifs is 1. The van der Waals surface area contributed by atoms with Crippen molar-refractivity contribution in [3.05, 3.63) is 65.3 Å². The molecule has 0 aliphatic rings. The Kier molecular flexibility index (Phi) is 4.50. The molecule has 0 aliphatic carbocycles. The van der Waals surface area contributed by atoms with Crippen molar-refractivity contribution in [1.29, 1.82) is 0 Å². The fourth-order valence-electron chi connectivity index (χ4n) is 2.79. The minimum absolute atomic E-state index is 0.0136. The van der Waals surface area contributed by atoms with Crippen LogP contribution in [0.15, 0.2) is 52.9 Å². The maximum atomic E-state index is 12.4. The highest BCUT2D eigenvalue weighted by Crippen LogP contribution is 2.36. The van der Waals surface area contributed by atoms with Gasteiger partial charge in [0.05, 0.1) is 16.8 Å². The third kappa shape index (κ3) is 3.48. The molecular formula is C18H16N4O3S2. The molecule has 0 aliphatic heterocycles. The summed E-state index contributed by atoms with van der Waals surface area (Å²) in [4.78, 5) is 4.51. The standard InChI is InChI=1S/C18H16N4O3S2/c1-27(23,24)16(17-22-21-15(10-19)25-17)18-20-13-8-7-12(9-14(13)26-18)11-5-3-2-4-6-11/h2-9,16H,10,19H2,1H3. The molecule has 4 rings (SSSR count). The molecule has 9 heteroatoms. The van der Waals surface area contributed by atoms with Gasteiger partial charge in [-0.3, -0.25) is 0 Å². The summed E-state index contributed by atoms with van der Waals surface area (Å²) in [5.74, 6) is 0.173. The van der Waals surface area contributed by atoms with E-state index in [1.54, 1.807) is 0 Å². The quantitative estimate of drug-likeness (QED) is 0.548. The lowest BCUT2D eigenvalue weighted by molar-refractivity contribution is 0.451. The van der Waals surface area contributed by atoms with Gasteiger partial charge in [0.1, 0.15) is 5.01 Å². The Morgan fingerprint density at radius 2 is 1.89 bits per heavy atom. The third-order valence-electron chi connectivity index (χ3n) is 4.05. The van der Waals surface area contributed by atoms with Crippen molar-refractivity contribution in [3.63, 3.8) is 0 Å². The molecule has 0 amide bonds. The summed E-state index contributed by atoms with van der Waals surface area (Å²) >= 11 is 1.30. The Balaban J connectivity index is 1.81. The fourth-order valence-corrected chi connectivity index (χ4v) is 5.32. The van der Waals surface area contributed by atoms with Gasteiger partial charge in [-0.2, -0.15) is 0 Å². The molecule has 4 aromatic rings. The smallest absolute Gasteiger partial charge is 0.241 e. The number of rotatable bonds is 5. The normalized spacial score (nSPS) is 13.1. The molecule has 0 bridgehead atoms. The zero-order chi connectivity index (χ0) is 19.0. The van der Waals surface area contributed by atoms with Gasteiger partial charge in [-0.1, -0.05) is 36.4 Å². The molecule has 0 radical (unpaired) electrons. The first-order chi connectivity index (χ1) is 13.0. The van der Waals surface area contributed by atoms with Crippen LogP contribution in [0.25, 0.3) is 21.3 Å². The molecule has 1 unspecified atom stereocenters. The van der Waals surface area contributed by atoms with Crippen LogP contribution < -0.4 is 5.73 Å². The summed E-state index contributed by atoms with van der Waals surface area (Å²) in [7, 11) is -3.56. The van der Waals surface area contributed by atoms with Crippen molar-refractivity contribution >= 4 is 31.4 Å². The first-order valence-electron chi connectivity index (χ1n) is 8.13. The summed E-state index contributed by atoms with van der Waals surface area (Å²) in [6, 6.07) is 15.8. The third-order valence-corrected chi connectivity index (χ3v) is 6.56. The predicted octanol–water partition coefficient (Wildman–Crippen LogP) is 2.94. The van der Waals surface area contributed by atoms with E-state index in [9.17, 15) is 8.42 Å². The number of aromatic nitrogens is 3. The maximum Gasteiger partial charge on any atom is 0.241 e. The maximum absolute atomic E-state index is 12.4. The number of hydrogen-bond donors (Lipinski definition) is 1. The Labute approximate surface area is 159 Å². The zero-order valence-electron chi connectivity index (χ0n) is 14.4. The van der Waals surface area contributed by atoms with E-state index in [0.717, 1.165) is 27.6 Å². The Morgan fingerprint density at radius 3 is 2.56 bits per heavy atom. The molecule has 0 saturated carbocycles. The van der Waals surface area contributed by atoms with E-state index in [4.69, 9.17) is 10.2 Å². The molecule has 2 N–H and O–H groups in total. The van der Waals surface area contributed by atoms with E-state index in [1.165, 1.54) is 11.3 Å². The molecule has 2 aromatic heterocycles. The molecule has 7 nitrogen and oxygen atoms in total. The second-order valence-corrected chi connectivity index (χ2v) is 9.24. The lowest BCUT2D eigenvalue weighted by Crippen LogP contribution is -2.13. The highest BCUT2D eigenvalue weighted by molar-refractivity contribution is 7.91. The molecule has 27 heavy (non-hydrogen) atoms. The van der Waals surface area contributed by atoms with Crippen LogP contribution in [0.3, 0.4) is 0 Å². The molecule has 0 saturated heterocycles. The molecular weight excluding hydrogens is 384 g/mol. The van der Waals surface area contributed by atoms with E-state index < -0.39 is 15.1 Å². The first kappa shape index (κ1) is 17.8. The molecule has 0 fully saturated rings. The lowest BCUT2D eigenvalue weighted by Gasteiger charge is -2.07. The SMILES string of the molecule is CS(=O)(=O)C(c1nnc(CN)o1)c1nc2ccc(-c3ccccc3)cc2s1. The van der Waals surface area contributed by atoms with Crippen LogP contribution in [-0.2, 0) is 16.4 Å². The van der Waals surface area contributed by atoms with Gasteiger partial charge >= 0.3 is 0 Å². The van der Waals surface area contributed by atoms with Gasteiger partial charge < -0.3 is 10.2 Å². The number of nitrogens with zero attached hydrogens (tertiary/aromatic N) is 3. The van der Waals surface area contributed by atoms with E-state index in [-0.39, 0.29) is 18.3 Å². The molecule has 1 atom stereocenters. The Bertz CT molecular complexity index is 1200. The van der Waals surface area contributed by atoms with Crippen LogP contribution in [-0.4, -0.2) is 29.9 Å². The van der Waals surface area contributed by atoms with Gasteiger partial charge in [0.15, 0.2) is 15.1 Å². The van der Waals surface area contributed by atoms with Crippen molar-refractivity contribution in [2.45, 2.75) is 11.8 Å². The zero-order valence-corrected chi connectivity index (χ0v) is 16.0. The second-order valence-electron chi connectivity index (χ2n) is 6.05. The number of hydrogen-bond acceptors (Lipinski definition) is 8. The van der Waals surface area contributed by atoms with Crippen molar-refractivity contribution < 1.29 is 12.8 Å². The highest BCUT2D eigenvalue weighted by Gasteiger charge is 2.33. The van der Waals surface area contributed by atoms with Crippen LogP contribution >= 0.6 is 11.3 Å². The van der Waals surface area contributed by atoms with Crippen molar-refractivity contribution in [1.82, 2.24) is 15.2 Å². The van der Waals surface area contributed by atoms with Crippen LogP contribution in [0.5, 0.6) is 0 Å². The van der Waals surface area contributed by atoms with Crippen molar-refractivity contribution in [2.75, 3.05) is 6.26 Å². The summed E-state index contributed by atoms with van der Waals surface area (Å²) in [5.41, 5.74) is 8.33. The van der Waals surface area contributed by atoms with Crippen molar-refractivity contribution in [3.8, 4) is 11.1 Å². The lowest BCUT2D eigenvalue weighted by atomic mass is 10.1. The van der Waals surface area contributed by atoms with E-state index >= 15 is 0 Å². The topological polar surface area (TPSA) is 112 Å². The highest BCUT2D eigenvalue weighted by atomic mass is 32.2. The minimum Gasteiger partial charge on any atom is -0.422 e. The minimum atomic E-state index is -3.56.